The molecule has 0 saturated carbocycles. The van der Waals surface area contributed by atoms with Crippen molar-refractivity contribution in [2.24, 2.45) is 0 Å². The van der Waals surface area contributed by atoms with Crippen molar-refractivity contribution < 1.29 is 18.9 Å². The average Bonchev–Trinajstić information content (AvgIpc) is 2.58. The first-order chi connectivity index (χ1) is 5.47. The molecule has 4 nitrogen and oxygen atoms in total. The fourth-order valence-electron chi connectivity index (χ4n) is 1.20. The lowest BCUT2D eigenvalue weighted by atomic mass is 10.4. The standard InChI is InChI=1S/C7H12O4/c1-2-8-6(9-3-1)7-10-4-5-11-7/h6-7H,1-5H2. The first-order valence-electron chi connectivity index (χ1n) is 3.93. The largest absolute Gasteiger partial charge is 0.348 e. The molecule has 2 aliphatic heterocycles. The fourth-order valence-corrected chi connectivity index (χ4v) is 1.20. The molecule has 0 aliphatic carbocycles. The van der Waals surface area contributed by atoms with Gasteiger partial charge in [-0.15, -0.1) is 0 Å². The van der Waals surface area contributed by atoms with E-state index in [9.17, 15) is 0 Å². The summed E-state index contributed by atoms with van der Waals surface area (Å²) in [6.07, 6.45) is 0.366. The quantitative estimate of drug-likeness (QED) is 0.546. The third kappa shape index (κ3) is 1.70. The lowest BCUT2D eigenvalue weighted by Gasteiger charge is -2.26. The smallest absolute Gasteiger partial charge is 0.209 e. The van der Waals surface area contributed by atoms with Crippen LogP contribution in [0.3, 0.4) is 0 Å². The Morgan fingerprint density at radius 3 is 1.64 bits per heavy atom. The Morgan fingerprint density at radius 1 is 0.636 bits per heavy atom. The minimum Gasteiger partial charge on any atom is -0.348 e. The molecule has 0 spiro atoms. The van der Waals surface area contributed by atoms with E-state index in [-0.39, 0.29) is 12.6 Å². The van der Waals surface area contributed by atoms with Crippen molar-refractivity contribution in [2.45, 2.75) is 19.0 Å². The van der Waals surface area contributed by atoms with Crippen LogP contribution in [0, 0.1) is 0 Å². The highest BCUT2D eigenvalue weighted by atomic mass is 16.8. The molecule has 0 aromatic rings. The Bertz CT molecular complexity index is 116. The van der Waals surface area contributed by atoms with Crippen LogP contribution < -0.4 is 0 Å². The van der Waals surface area contributed by atoms with Gasteiger partial charge in [-0.1, -0.05) is 0 Å². The highest BCUT2D eigenvalue weighted by molar-refractivity contribution is 4.59. The molecule has 64 valence electrons. The van der Waals surface area contributed by atoms with Crippen molar-refractivity contribution in [1.29, 1.82) is 0 Å². The van der Waals surface area contributed by atoms with Crippen LogP contribution in [-0.4, -0.2) is 39.0 Å². The summed E-state index contributed by atoms with van der Waals surface area (Å²) >= 11 is 0. The molecule has 0 unspecified atom stereocenters. The number of rotatable bonds is 1. The molecule has 0 bridgehead atoms. The highest BCUT2D eigenvalue weighted by Gasteiger charge is 2.29. The number of ether oxygens (including phenoxy) is 4. The lowest BCUT2D eigenvalue weighted by Crippen LogP contribution is -2.36. The van der Waals surface area contributed by atoms with Gasteiger partial charge in [0.05, 0.1) is 26.4 Å². The fraction of sp³-hybridized carbons (Fsp3) is 1.00. The van der Waals surface area contributed by atoms with Crippen molar-refractivity contribution >= 4 is 0 Å². The maximum atomic E-state index is 5.29. The van der Waals surface area contributed by atoms with Gasteiger partial charge in [-0.25, -0.2) is 0 Å². The molecule has 0 aromatic carbocycles. The van der Waals surface area contributed by atoms with Gasteiger partial charge < -0.3 is 18.9 Å². The minimum absolute atomic E-state index is 0.296. The zero-order valence-corrected chi connectivity index (χ0v) is 6.32. The molecule has 2 saturated heterocycles. The van der Waals surface area contributed by atoms with Crippen LogP contribution in [-0.2, 0) is 18.9 Å². The molecule has 4 heteroatoms. The summed E-state index contributed by atoms with van der Waals surface area (Å²) in [7, 11) is 0. The van der Waals surface area contributed by atoms with E-state index in [0.717, 1.165) is 19.6 Å². The Labute approximate surface area is 65.4 Å². The van der Waals surface area contributed by atoms with Gasteiger partial charge in [0.25, 0.3) is 0 Å². The molecule has 0 N–H and O–H groups in total. The summed E-state index contributed by atoms with van der Waals surface area (Å²) in [5, 5.41) is 0. The molecule has 0 aromatic heterocycles. The van der Waals surface area contributed by atoms with Gasteiger partial charge in [0.15, 0.2) is 0 Å². The van der Waals surface area contributed by atoms with Crippen LogP contribution in [0.4, 0.5) is 0 Å². The number of hydrogen-bond acceptors (Lipinski definition) is 4. The van der Waals surface area contributed by atoms with Crippen molar-refractivity contribution in [3.63, 3.8) is 0 Å². The van der Waals surface area contributed by atoms with E-state index >= 15 is 0 Å². The van der Waals surface area contributed by atoms with Crippen molar-refractivity contribution in [1.82, 2.24) is 0 Å². The monoisotopic (exact) mass is 160 g/mol. The second kappa shape index (κ2) is 3.49. The summed E-state index contributed by atoms with van der Waals surface area (Å²) < 4.78 is 21.0. The van der Waals surface area contributed by atoms with Crippen molar-refractivity contribution in [3.8, 4) is 0 Å². The van der Waals surface area contributed by atoms with E-state index in [0.29, 0.717) is 13.2 Å². The first kappa shape index (κ1) is 7.49. The number of hydrogen-bond donors (Lipinski definition) is 0. The van der Waals surface area contributed by atoms with Gasteiger partial charge in [0.2, 0.25) is 12.6 Å². The zero-order valence-electron chi connectivity index (χ0n) is 6.32. The van der Waals surface area contributed by atoms with E-state index < -0.39 is 0 Å². The van der Waals surface area contributed by atoms with Crippen molar-refractivity contribution in [2.75, 3.05) is 26.4 Å². The summed E-state index contributed by atoms with van der Waals surface area (Å²) in [5.74, 6) is 0. The molecule has 2 rings (SSSR count). The topological polar surface area (TPSA) is 36.9 Å². The van der Waals surface area contributed by atoms with E-state index in [1.807, 2.05) is 0 Å². The van der Waals surface area contributed by atoms with Crippen molar-refractivity contribution in [3.05, 3.63) is 0 Å². The van der Waals surface area contributed by atoms with Crippen LogP contribution >= 0.6 is 0 Å². The highest BCUT2D eigenvalue weighted by Crippen LogP contribution is 2.16. The summed E-state index contributed by atoms with van der Waals surface area (Å²) in [6, 6.07) is 0. The van der Waals surface area contributed by atoms with Crippen LogP contribution in [0.5, 0.6) is 0 Å². The predicted octanol–water partition coefficient (Wildman–Crippen LogP) is 0.122. The molecular weight excluding hydrogens is 148 g/mol. The Hall–Kier alpha value is -0.160. The van der Waals surface area contributed by atoms with Gasteiger partial charge >= 0.3 is 0 Å². The summed E-state index contributed by atoms with van der Waals surface area (Å²) in [5.41, 5.74) is 0. The molecule has 2 heterocycles. The van der Waals surface area contributed by atoms with E-state index in [1.165, 1.54) is 0 Å². The SMILES string of the molecule is C1COC(C2OCCO2)OC1. The van der Waals surface area contributed by atoms with Crippen LogP contribution in [0.1, 0.15) is 6.42 Å². The van der Waals surface area contributed by atoms with Gasteiger partial charge in [0.1, 0.15) is 0 Å². The van der Waals surface area contributed by atoms with Crippen LogP contribution in [0.15, 0.2) is 0 Å². The zero-order chi connectivity index (χ0) is 7.52. The normalized spacial score (nSPS) is 29.5. The van der Waals surface area contributed by atoms with Gasteiger partial charge in [-0.05, 0) is 6.42 Å². The summed E-state index contributed by atoms with van der Waals surface area (Å²) in [6.45, 7) is 2.78. The molecule has 2 aliphatic rings. The van der Waals surface area contributed by atoms with E-state index in [2.05, 4.69) is 0 Å². The summed E-state index contributed by atoms with van der Waals surface area (Å²) in [4.78, 5) is 0. The van der Waals surface area contributed by atoms with Gasteiger partial charge in [-0.2, -0.15) is 0 Å². The second-order valence-corrected chi connectivity index (χ2v) is 2.57. The molecule has 0 radical (unpaired) electrons. The molecule has 2 fully saturated rings. The average molecular weight is 160 g/mol. The molecule has 0 amide bonds. The van der Waals surface area contributed by atoms with Gasteiger partial charge in [-0.3, -0.25) is 0 Å². The first-order valence-corrected chi connectivity index (χ1v) is 3.93. The van der Waals surface area contributed by atoms with Crippen LogP contribution in [0.2, 0.25) is 0 Å². The van der Waals surface area contributed by atoms with E-state index in [4.69, 9.17) is 18.9 Å². The third-order valence-electron chi connectivity index (χ3n) is 1.72. The second-order valence-electron chi connectivity index (χ2n) is 2.57. The Morgan fingerprint density at radius 2 is 1.09 bits per heavy atom. The third-order valence-corrected chi connectivity index (χ3v) is 1.72. The lowest BCUT2D eigenvalue weighted by molar-refractivity contribution is -0.271. The van der Waals surface area contributed by atoms with Gasteiger partial charge in [0, 0.05) is 0 Å². The van der Waals surface area contributed by atoms with E-state index in [1.54, 1.807) is 0 Å². The van der Waals surface area contributed by atoms with Crippen LogP contribution in [0.25, 0.3) is 0 Å². The molecule has 11 heavy (non-hydrogen) atoms. The Kier molecular flexibility index (Phi) is 2.38. The molecular formula is C7H12O4. The predicted molar refractivity (Wildman–Crippen MR) is 36.0 cm³/mol. The molecule has 0 atom stereocenters. The minimum atomic E-state index is -0.300. The Balaban J connectivity index is 1.82. The maximum Gasteiger partial charge on any atom is 0.209 e. The maximum absolute atomic E-state index is 5.29.